The van der Waals surface area contributed by atoms with E-state index in [1.54, 1.807) is 12.1 Å². The predicted molar refractivity (Wildman–Crippen MR) is 86.5 cm³/mol. The maximum Gasteiger partial charge on any atom is 0.290 e. The minimum absolute atomic E-state index is 0.115. The van der Waals surface area contributed by atoms with E-state index in [1.807, 2.05) is 24.3 Å². The molecular weight excluding hydrogens is 362 g/mol. The number of aliphatic hydroxyl groups is 1. The molecule has 118 valence electrons. The van der Waals surface area contributed by atoms with Crippen molar-refractivity contribution in [2.45, 2.75) is 19.5 Å². The average Bonchev–Trinajstić information content (AvgIpc) is 3.10. The van der Waals surface area contributed by atoms with E-state index < -0.39 is 17.7 Å². The zero-order chi connectivity index (χ0) is 16.6. The lowest BCUT2D eigenvalue weighted by Crippen LogP contribution is -2.30. The Morgan fingerprint density at radius 2 is 2.00 bits per heavy atom. The van der Waals surface area contributed by atoms with Crippen molar-refractivity contribution in [3.8, 4) is 0 Å². The smallest absolute Gasteiger partial charge is 0.290 e. The summed E-state index contributed by atoms with van der Waals surface area (Å²) in [6.07, 6.45) is 1.52. The Morgan fingerprint density at radius 3 is 2.57 bits per heavy atom. The molecule has 5 nitrogen and oxygen atoms in total. The minimum Gasteiger partial charge on any atom is -0.503 e. The molecule has 1 N–H and O–H groups in total. The Hall–Kier alpha value is -2.34. The number of hydrogen-bond donors (Lipinski definition) is 1. The molecule has 2 heterocycles. The number of amides is 1. The molecule has 1 aliphatic rings. The lowest BCUT2D eigenvalue weighted by Gasteiger charge is -2.25. The van der Waals surface area contributed by atoms with Gasteiger partial charge in [0.1, 0.15) is 5.76 Å². The second kappa shape index (κ2) is 6.04. The van der Waals surface area contributed by atoms with Crippen molar-refractivity contribution in [1.29, 1.82) is 0 Å². The molecule has 1 amide bonds. The van der Waals surface area contributed by atoms with E-state index in [2.05, 4.69) is 15.9 Å². The van der Waals surface area contributed by atoms with Crippen LogP contribution in [0, 0.1) is 0 Å². The van der Waals surface area contributed by atoms with Crippen LogP contribution in [0.4, 0.5) is 0 Å². The van der Waals surface area contributed by atoms with Crippen LogP contribution in [0.5, 0.6) is 0 Å². The summed E-state index contributed by atoms with van der Waals surface area (Å²) in [6, 6.07) is 10.1. The van der Waals surface area contributed by atoms with Crippen LogP contribution in [0.15, 0.2) is 62.9 Å². The molecule has 0 saturated carbocycles. The number of benzene rings is 1. The van der Waals surface area contributed by atoms with Gasteiger partial charge in [0.05, 0.1) is 24.4 Å². The number of carbonyl (C=O) groups is 2. The van der Waals surface area contributed by atoms with Gasteiger partial charge in [-0.15, -0.1) is 0 Å². The van der Waals surface area contributed by atoms with E-state index in [0.29, 0.717) is 5.76 Å². The molecule has 1 atom stereocenters. The van der Waals surface area contributed by atoms with Gasteiger partial charge in [0.25, 0.3) is 5.91 Å². The first-order valence-electron chi connectivity index (χ1n) is 7.02. The molecular formula is C17H14BrNO4. The molecule has 0 unspecified atom stereocenters. The molecule has 0 bridgehead atoms. The molecule has 1 aromatic carbocycles. The number of aliphatic hydroxyl groups excluding tert-OH is 1. The number of Topliss-reactive ketones (excluding diaryl/α,β-unsaturated/α-hetero) is 1. The molecule has 23 heavy (non-hydrogen) atoms. The highest BCUT2D eigenvalue weighted by Crippen LogP contribution is 2.38. The number of carbonyl (C=O) groups excluding carboxylic acids is 2. The van der Waals surface area contributed by atoms with E-state index in [9.17, 15) is 14.7 Å². The Labute approximate surface area is 141 Å². The fourth-order valence-corrected chi connectivity index (χ4v) is 3.00. The van der Waals surface area contributed by atoms with Crippen molar-refractivity contribution >= 4 is 27.6 Å². The zero-order valence-electron chi connectivity index (χ0n) is 12.3. The third-order valence-electron chi connectivity index (χ3n) is 3.77. The number of ketones is 1. The van der Waals surface area contributed by atoms with Gasteiger partial charge in [-0.3, -0.25) is 9.59 Å². The average molecular weight is 376 g/mol. The monoisotopic (exact) mass is 375 g/mol. The quantitative estimate of drug-likeness (QED) is 0.887. The molecule has 0 spiro atoms. The Balaban J connectivity index is 2.05. The molecule has 2 aromatic rings. The Morgan fingerprint density at radius 1 is 1.30 bits per heavy atom. The van der Waals surface area contributed by atoms with Gasteiger partial charge in [-0.25, -0.2) is 0 Å². The molecule has 0 aliphatic carbocycles. The predicted octanol–water partition coefficient (Wildman–Crippen LogP) is 3.53. The SMILES string of the molecule is CC(=O)C1=C(O)C(=O)N(Cc2ccco2)[C@@H]1c1ccc(Br)cc1. The van der Waals surface area contributed by atoms with E-state index in [0.717, 1.165) is 10.0 Å². The molecule has 3 rings (SSSR count). The Bertz CT molecular complexity index is 777. The van der Waals surface area contributed by atoms with Gasteiger partial charge in [-0.1, -0.05) is 28.1 Å². The van der Waals surface area contributed by atoms with Crippen LogP contribution >= 0.6 is 15.9 Å². The highest BCUT2D eigenvalue weighted by molar-refractivity contribution is 9.10. The third kappa shape index (κ3) is 2.82. The fourth-order valence-electron chi connectivity index (χ4n) is 2.74. The molecule has 1 aromatic heterocycles. The lowest BCUT2D eigenvalue weighted by molar-refractivity contribution is -0.130. The summed E-state index contributed by atoms with van der Waals surface area (Å²) in [5, 5.41) is 10.1. The van der Waals surface area contributed by atoms with Gasteiger partial charge in [0.15, 0.2) is 11.5 Å². The number of hydrogen-bond acceptors (Lipinski definition) is 4. The van der Waals surface area contributed by atoms with Crippen molar-refractivity contribution < 1.29 is 19.1 Å². The van der Waals surface area contributed by atoms with Crippen LogP contribution in [0.25, 0.3) is 0 Å². The first-order valence-corrected chi connectivity index (χ1v) is 7.81. The first-order chi connectivity index (χ1) is 11.0. The van der Waals surface area contributed by atoms with Crippen LogP contribution in [0.3, 0.4) is 0 Å². The summed E-state index contributed by atoms with van der Waals surface area (Å²) in [5.74, 6) is -0.805. The minimum atomic E-state index is -0.627. The topological polar surface area (TPSA) is 70.8 Å². The van der Waals surface area contributed by atoms with Crippen molar-refractivity contribution in [2.75, 3.05) is 0 Å². The van der Waals surface area contributed by atoms with Gasteiger partial charge in [-0.2, -0.15) is 0 Å². The van der Waals surface area contributed by atoms with E-state index >= 15 is 0 Å². The molecule has 1 aliphatic heterocycles. The number of halogens is 1. The van der Waals surface area contributed by atoms with Crippen molar-refractivity contribution in [3.63, 3.8) is 0 Å². The maximum atomic E-state index is 12.4. The third-order valence-corrected chi connectivity index (χ3v) is 4.30. The van der Waals surface area contributed by atoms with Crippen LogP contribution < -0.4 is 0 Å². The summed E-state index contributed by atoms with van der Waals surface area (Å²) in [4.78, 5) is 25.8. The van der Waals surface area contributed by atoms with Crippen LogP contribution in [-0.2, 0) is 16.1 Å². The van der Waals surface area contributed by atoms with Gasteiger partial charge < -0.3 is 14.4 Å². The van der Waals surface area contributed by atoms with E-state index in [4.69, 9.17) is 4.42 Å². The summed E-state index contributed by atoms with van der Waals surface area (Å²) in [6.45, 7) is 1.52. The largest absolute Gasteiger partial charge is 0.503 e. The van der Waals surface area contributed by atoms with Gasteiger partial charge in [0, 0.05) is 4.47 Å². The molecule has 6 heteroatoms. The van der Waals surface area contributed by atoms with Crippen molar-refractivity contribution in [3.05, 3.63) is 69.8 Å². The molecule has 0 radical (unpaired) electrons. The second-order valence-corrected chi connectivity index (χ2v) is 6.20. The fraction of sp³-hybridized carbons (Fsp3) is 0.176. The van der Waals surface area contributed by atoms with E-state index in [1.165, 1.54) is 18.1 Å². The summed E-state index contributed by atoms with van der Waals surface area (Å²) >= 11 is 3.36. The summed E-state index contributed by atoms with van der Waals surface area (Å²) in [7, 11) is 0. The maximum absolute atomic E-state index is 12.4. The van der Waals surface area contributed by atoms with Gasteiger partial charge in [-0.05, 0) is 36.8 Å². The first kappa shape index (κ1) is 15.6. The molecule has 0 fully saturated rings. The normalized spacial score (nSPS) is 17.9. The van der Waals surface area contributed by atoms with Gasteiger partial charge >= 0.3 is 0 Å². The highest BCUT2D eigenvalue weighted by atomic mass is 79.9. The van der Waals surface area contributed by atoms with Crippen molar-refractivity contribution in [2.24, 2.45) is 0 Å². The lowest BCUT2D eigenvalue weighted by atomic mass is 9.97. The van der Waals surface area contributed by atoms with E-state index in [-0.39, 0.29) is 17.9 Å². The summed E-state index contributed by atoms with van der Waals surface area (Å²) < 4.78 is 6.18. The van der Waals surface area contributed by atoms with Crippen LogP contribution in [0.2, 0.25) is 0 Å². The zero-order valence-corrected chi connectivity index (χ0v) is 13.9. The van der Waals surface area contributed by atoms with Crippen LogP contribution in [-0.4, -0.2) is 21.7 Å². The second-order valence-electron chi connectivity index (χ2n) is 5.28. The number of rotatable bonds is 4. The highest BCUT2D eigenvalue weighted by Gasteiger charge is 2.42. The summed E-state index contributed by atoms with van der Waals surface area (Å²) in [5.41, 5.74) is 0.867. The molecule has 0 saturated heterocycles. The Kier molecular flexibility index (Phi) is 4.09. The number of nitrogens with zero attached hydrogens (tertiary/aromatic N) is 1. The standard InChI is InChI=1S/C17H14BrNO4/c1-10(20)14-15(11-4-6-12(18)7-5-11)19(17(22)16(14)21)9-13-3-2-8-23-13/h2-8,15,21H,9H2,1H3/t15-/m1/s1. The van der Waals surface area contributed by atoms with Gasteiger partial charge in [0.2, 0.25) is 0 Å². The van der Waals surface area contributed by atoms with Crippen molar-refractivity contribution in [1.82, 2.24) is 4.90 Å². The van der Waals surface area contributed by atoms with Crippen LogP contribution in [0.1, 0.15) is 24.3 Å². The number of furan rings is 1.